The zero-order valence-electron chi connectivity index (χ0n) is 17.8. The molecule has 1 saturated heterocycles. The third-order valence-electron chi connectivity index (χ3n) is 5.31. The minimum absolute atomic E-state index is 0.151. The van der Waals surface area contributed by atoms with Gasteiger partial charge in [-0.25, -0.2) is 8.42 Å². The summed E-state index contributed by atoms with van der Waals surface area (Å²) in [6, 6.07) is 9.01. The van der Waals surface area contributed by atoms with E-state index in [1.54, 1.807) is 25.5 Å². The zero-order chi connectivity index (χ0) is 22.7. The van der Waals surface area contributed by atoms with Gasteiger partial charge in [-0.3, -0.25) is 4.79 Å². The van der Waals surface area contributed by atoms with Crippen molar-refractivity contribution in [3.8, 4) is 17.1 Å². The third kappa shape index (κ3) is 4.84. The van der Waals surface area contributed by atoms with Gasteiger partial charge in [0.05, 0.1) is 13.0 Å². The first kappa shape index (κ1) is 22.4. The summed E-state index contributed by atoms with van der Waals surface area (Å²) in [5, 5.41) is 8.45. The molecule has 2 aromatic heterocycles. The Morgan fingerprint density at radius 2 is 2.22 bits per heavy atom. The summed E-state index contributed by atoms with van der Waals surface area (Å²) in [4.78, 5) is 16.9. The van der Waals surface area contributed by atoms with Gasteiger partial charge in [-0.1, -0.05) is 17.3 Å². The Kier molecular flexibility index (Phi) is 6.58. The predicted molar refractivity (Wildman–Crippen MR) is 119 cm³/mol. The molecule has 1 unspecified atom stereocenters. The minimum atomic E-state index is -3.72. The van der Waals surface area contributed by atoms with Crippen molar-refractivity contribution < 1.29 is 22.5 Å². The van der Waals surface area contributed by atoms with Crippen LogP contribution in [0.2, 0.25) is 0 Å². The molecule has 4 rings (SSSR count). The molecule has 1 aromatic carbocycles. The third-order valence-corrected chi connectivity index (χ3v) is 8.59. The predicted octanol–water partition coefficient (Wildman–Crippen LogP) is 2.83. The van der Waals surface area contributed by atoms with Crippen molar-refractivity contribution in [3.05, 3.63) is 47.2 Å². The second-order valence-electron chi connectivity index (χ2n) is 7.56. The lowest BCUT2D eigenvalue weighted by Gasteiger charge is -2.30. The Morgan fingerprint density at radius 1 is 1.38 bits per heavy atom. The Morgan fingerprint density at radius 3 is 2.97 bits per heavy atom. The molecule has 0 saturated carbocycles. The van der Waals surface area contributed by atoms with Crippen molar-refractivity contribution in [2.45, 2.75) is 30.5 Å². The van der Waals surface area contributed by atoms with E-state index in [-0.39, 0.29) is 16.7 Å². The second-order valence-corrected chi connectivity index (χ2v) is 10.6. The fraction of sp³-hybridized carbons (Fsp3) is 0.381. The number of thiophene rings is 1. The van der Waals surface area contributed by atoms with Crippen LogP contribution in [0.4, 0.5) is 0 Å². The fourth-order valence-corrected chi connectivity index (χ4v) is 6.44. The topological polar surface area (TPSA) is 115 Å². The molecule has 1 aliphatic rings. The number of carbonyl (C=O) groups excluding carboxylic acids is 1. The van der Waals surface area contributed by atoms with Gasteiger partial charge >= 0.3 is 0 Å². The molecule has 0 radical (unpaired) electrons. The maximum absolute atomic E-state index is 13.2. The van der Waals surface area contributed by atoms with Crippen LogP contribution in [0.1, 0.15) is 24.3 Å². The summed E-state index contributed by atoms with van der Waals surface area (Å²) < 4.78 is 38.1. The number of aryl methyl sites for hydroxylation is 1. The van der Waals surface area contributed by atoms with Gasteiger partial charge in [0.15, 0.2) is 0 Å². The van der Waals surface area contributed by atoms with Crippen LogP contribution in [0.3, 0.4) is 0 Å². The smallest absolute Gasteiger partial charge is 0.252 e. The van der Waals surface area contributed by atoms with E-state index in [4.69, 9.17) is 9.26 Å². The first-order valence-corrected chi connectivity index (χ1v) is 12.5. The number of piperidine rings is 1. The molecule has 32 heavy (non-hydrogen) atoms. The average molecular weight is 477 g/mol. The highest BCUT2D eigenvalue weighted by Crippen LogP contribution is 2.31. The number of sulfonamides is 1. The summed E-state index contributed by atoms with van der Waals surface area (Å²) in [6.45, 7) is 2.57. The van der Waals surface area contributed by atoms with Gasteiger partial charge in [-0.2, -0.15) is 9.29 Å². The number of carbonyl (C=O) groups is 1. The molecule has 0 aliphatic carbocycles. The highest BCUT2D eigenvalue weighted by atomic mass is 32.2. The van der Waals surface area contributed by atoms with Gasteiger partial charge < -0.3 is 14.6 Å². The van der Waals surface area contributed by atoms with Crippen LogP contribution in [-0.4, -0.2) is 49.0 Å². The van der Waals surface area contributed by atoms with Gasteiger partial charge in [-0.05, 0) is 36.6 Å². The van der Waals surface area contributed by atoms with Crippen molar-refractivity contribution >= 4 is 27.3 Å². The summed E-state index contributed by atoms with van der Waals surface area (Å²) >= 11 is 1.11. The van der Waals surface area contributed by atoms with Crippen LogP contribution >= 0.6 is 11.3 Å². The van der Waals surface area contributed by atoms with E-state index < -0.39 is 15.9 Å². The molecule has 1 aliphatic heterocycles. The number of hydrogen-bond donors (Lipinski definition) is 1. The lowest BCUT2D eigenvalue weighted by atomic mass is 9.99. The number of methoxy groups -OCH3 is 1. The minimum Gasteiger partial charge on any atom is -0.497 e. The molecule has 1 atom stereocenters. The number of nitrogens with one attached hydrogen (secondary N) is 1. The molecule has 3 heterocycles. The molecule has 0 bridgehead atoms. The van der Waals surface area contributed by atoms with Gasteiger partial charge in [0.1, 0.15) is 9.96 Å². The quantitative estimate of drug-likeness (QED) is 0.558. The number of nitrogens with zero attached hydrogens (tertiary/aromatic N) is 3. The number of amides is 1. The second kappa shape index (κ2) is 9.39. The number of benzene rings is 1. The Bertz CT molecular complexity index is 1200. The summed E-state index contributed by atoms with van der Waals surface area (Å²) in [6.07, 6.45) is 1.27. The fourth-order valence-electron chi connectivity index (χ4n) is 3.60. The molecule has 3 aromatic rings. The molecule has 9 nitrogen and oxygen atoms in total. The van der Waals surface area contributed by atoms with Gasteiger partial charge in [-0.15, -0.1) is 11.3 Å². The number of aromatic nitrogens is 2. The molecule has 0 spiro atoms. The normalized spacial score (nSPS) is 17.2. The lowest BCUT2D eigenvalue weighted by Crippen LogP contribution is -2.45. The van der Waals surface area contributed by atoms with Crippen LogP contribution in [0.5, 0.6) is 5.75 Å². The Labute approximate surface area is 190 Å². The highest BCUT2D eigenvalue weighted by molar-refractivity contribution is 7.91. The molecular weight excluding hydrogens is 452 g/mol. The monoisotopic (exact) mass is 476 g/mol. The van der Waals surface area contributed by atoms with E-state index in [2.05, 4.69) is 15.5 Å². The van der Waals surface area contributed by atoms with Crippen molar-refractivity contribution in [3.63, 3.8) is 0 Å². The standard InChI is InChI=1S/C21H24N4O5S2/c1-14-23-20(24-30-14)17-10-19(31-13-17)32(27,28)25-8-4-6-16(12-25)21(26)22-11-15-5-3-7-18(9-15)29-2/h3,5,7,9-10,13,16H,4,6,8,11-12H2,1-2H3,(H,22,26). The Hall–Kier alpha value is -2.76. The summed E-state index contributed by atoms with van der Waals surface area (Å²) in [5.41, 5.74) is 1.51. The largest absolute Gasteiger partial charge is 0.497 e. The maximum atomic E-state index is 13.2. The van der Waals surface area contributed by atoms with Crippen molar-refractivity contribution in [1.29, 1.82) is 0 Å². The number of ether oxygens (including phenoxy) is 1. The SMILES string of the molecule is COc1cccc(CNC(=O)C2CCCN(S(=O)(=O)c3cc(-c4noc(C)n4)cs3)C2)c1. The summed E-state index contributed by atoms with van der Waals surface area (Å²) in [5.74, 6) is 0.936. The van der Waals surface area contributed by atoms with Crippen LogP contribution in [-0.2, 0) is 21.4 Å². The first-order chi connectivity index (χ1) is 15.4. The van der Waals surface area contributed by atoms with Crippen molar-refractivity contribution in [2.75, 3.05) is 20.2 Å². The van der Waals surface area contributed by atoms with E-state index >= 15 is 0 Å². The van der Waals surface area contributed by atoms with Crippen LogP contribution in [0.15, 0.2) is 44.4 Å². The molecule has 170 valence electrons. The van der Waals surface area contributed by atoms with Crippen molar-refractivity contribution in [2.24, 2.45) is 5.92 Å². The molecular formula is C21H24N4O5S2. The zero-order valence-corrected chi connectivity index (χ0v) is 19.4. The van der Waals surface area contributed by atoms with Gasteiger partial charge in [0, 0.05) is 37.5 Å². The van der Waals surface area contributed by atoms with Crippen LogP contribution < -0.4 is 10.1 Å². The Balaban J connectivity index is 1.41. The number of rotatable bonds is 7. The van der Waals surface area contributed by atoms with E-state index in [0.29, 0.717) is 43.2 Å². The highest BCUT2D eigenvalue weighted by Gasteiger charge is 2.34. The van der Waals surface area contributed by atoms with Gasteiger partial charge in [0.25, 0.3) is 10.0 Å². The summed E-state index contributed by atoms with van der Waals surface area (Å²) in [7, 11) is -2.12. The molecule has 11 heteroatoms. The van der Waals surface area contributed by atoms with Crippen molar-refractivity contribution in [1.82, 2.24) is 19.8 Å². The van der Waals surface area contributed by atoms with Gasteiger partial charge in [0.2, 0.25) is 17.6 Å². The average Bonchev–Trinajstić information content (AvgIpc) is 3.47. The van der Waals surface area contributed by atoms with E-state index in [9.17, 15) is 13.2 Å². The van der Waals surface area contributed by atoms with E-state index in [1.807, 2.05) is 24.3 Å². The molecule has 1 N–H and O–H groups in total. The number of hydrogen-bond acceptors (Lipinski definition) is 8. The lowest BCUT2D eigenvalue weighted by molar-refractivity contribution is -0.126. The van der Waals surface area contributed by atoms with E-state index in [1.165, 1.54) is 4.31 Å². The molecule has 1 amide bonds. The van der Waals surface area contributed by atoms with Crippen LogP contribution in [0.25, 0.3) is 11.4 Å². The molecule has 1 fully saturated rings. The maximum Gasteiger partial charge on any atom is 0.252 e. The van der Waals surface area contributed by atoms with Crippen LogP contribution in [0, 0.1) is 12.8 Å². The van der Waals surface area contributed by atoms with E-state index in [0.717, 1.165) is 22.6 Å². The first-order valence-electron chi connectivity index (χ1n) is 10.2.